The van der Waals surface area contributed by atoms with Crippen molar-refractivity contribution in [3.63, 3.8) is 0 Å². The minimum Gasteiger partial charge on any atom is -0.456 e. The van der Waals surface area contributed by atoms with Gasteiger partial charge in [-0.15, -0.1) is 0 Å². The highest BCUT2D eigenvalue weighted by molar-refractivity contribution is 6.07. The Morgan fingerprint density at radius 2 is 0.836 bits per heavy atom. The molecule has 0 spiro atoms. The maximum absolute atomic E-state index is 6.27. The average molecular weight is 854 g/mol. The Balaban J connectivity index is 0.950. The zero-order valence-electron chi connectivity index (χ0n) is 36.7. The molecule has 0 amide bonds. The number of furan rings is 1. The third-order valence-corrected chi connectivity index (χ3v) is 14.0. The highest BCUT2D eigenvalue weighted by Gasteiger charge is 2.46. The van der Waals surface area contributed by atoms with Gasteiger partial charge >= 0.3 is 0 Å². The van der Waals surface area contributed by atoms with Crippen LogP contribution in [0.15, 0.2) is 265 Å². The molecule has 1 aromatic heterocycles. The third kappa shape index (κ3) is 6.26. The van der Waals surface area contributed by atoms with E-state index in [1.54, 1.807) is 0 Å². The molecule has 13 rings (SSSR count). The Bertz CT molecular complexity index is 3750. The van der Waals surface area contributed by atoms with E-state index in [0.717, 1.165) is 55.7 Å². The molecule has 1 aliphatic carbocycles. The molecule has 12 aromatic rings. The molecular formula is C65H43NO. The molecule has 0 bridgehead atoms. The fourth-order valence-electron chi connectivity index (χ4n) is 10.9. The lowest BCUT2D eigenvalue weighted by Crippen LogP contribution is -2.28. The minimum atomic E-state index is -0.463. The summed E-state index contributed by atoms with van der Waals surface area (Å²) < 4.78 is 6.27. The first-order valence-electron chi connectivity index (χ1n) is 23.1. The first kappa shape index (κ1) is 38.7. The molecule has 0 saturated carbocycles. The Hall–Kier alpha value is -8.72. The Kier molecular flexibility index (Phi) is 9.11. The quantitative estimate of drug-likeness (QED) is 0.151. The van der Waals surface area contributed by atoms with Crippen molar-refractivity contribution in [2.45, 2.75) is 5.41 Å². The van der Waals surface area contributed by atoms with Crippen molar-refractivity contribution in [1.29, 1.82) is 0 Å². The number of hydrogen-bond donors (Lipinski definition) is 0. The molecule has 1 heterocycles. The number of anilines is 3. The van der Waals surface area contributed by atoms with Gasteiger partial charge in [-0.2, -0.15) is 0 Å². The summed E-state index contributed by atoms with van der Waals surface area (Å²) >= 11 is 0. The molecule has 0 aliphatic heterocycles. The molecule has 314 valence electrons. The smallest absolute Gasteiger partial charge is 0.135 e. The van der Waals surface area contributed by atoms with Crippen LogP contribution in [0.2, 0.25) is 0 Å². The number of para-hydroxylation sites is 2. The fraction of sp³-hybridized carbons (Fsp3) is 0.0154. The highest BCUT2D eigenvalue weighted by atomic mass is 16.3. The van der Waals surface area contributed by atoms with Crippen molar-refractivity contribution in [3.05, 3.63) is 283 Å². The number of fused-ring (bicyclic) bond motifs is 7. The van der Waals surface area contributed by atoms with E-state index < -0.39 is 5.41 Å². The molecular weight excluding hydrogens is 811 g/mol. The van der Waals surface area contributed by atoms with Gasteiger partial charge in [-0.1, -0.05) is 206 Å². The van der Waals surface area contributed by atoms with Crippen LogP contribution in [-0.4, -0.2) is 0 Å². The van der Waals surface area contributed by atoms with Crippen molar-refractivity contribution < 1.29 is 4.42 Å². The zero-order valence-corrected chi connectivity index (χ0v) is 36.7. The van der Waals surface area contributed by atoms with Crippen LogP contribution in [0.1, 0.15) is 22.3 Å². The summed E-state index contributed by atoms with van der Waals surface area (Å²) in [5, 5.41) is 4.71. The summed E-state index contributed by atoms with van der Waals surface area (Å²) in [4.78, 5) is 2.40. The lowest BCUT2D eigenvalue weighted by molar-refractivity contribution is 0.669. The summed E-state index contributed by atoms with van der Waals surface area (Å²) in [5.41, 5.74) is 19.3. The second kappa shape index (κ2) is 15.8. The summed E-state index contributed by atoms with van der Waals surface area (Å²) in [7, 11) is 0. The van der Waals surface area contributed by atoms with Gasteiger partial charge in [0.2, 0.25) is 0 Å². The predicted molar refractivity (Wildman–Crippen MR) is 280 cm³/mol. The average Bonchev–Trinajstić information content (AvgIpc) is 3.93. The largest absolute Gasteiger partial charge is 0.456 e. The fourth-order valence-corrected chi connectivity index (χ4v) is 10.9. The Morgan fingerprint density at radius 1 is 0.299 bits per heavy atom. The van der Waals surface area contributed by atoms with Crippen LogP contribution in [0.25, 0.3) is 77.2 Å². The third-order valence-electron chi connectivity index (χ3n) is 14.0. The second-order valence-corrected chi connectivity index (χ2v) is 17.6. The Morgan fingerprint density at radius 3 is 1.60 bits per heavy atom. The molecule has 0 saturated heterocycles. The van der Waals surface area contributed by atoms with Crippen molar-refractivity contribution in [3.8, 4) is 44.5 Å². The van der Waals surface area contributed by atoms with Crippen LogP contribution in [0, 0.1) is 0 Å². The summed E-state index contributed by atoms with van der Waals surface area (Å²) in [6, 6.07) is 95.1. The lowest BCUT2D eigenvalue weighted by Gasteiger charge is -2.34. The van der Waals surface area contributed by atoms with Crippen molar-refractivity contribution in [1.82, 2.24) is 0 Å². The second-order valence-electron chi connectivity index (χ2n) is 17.6. The zero-order chi connectivity index (χ0) is 44.3. The van der Waals surface area contributed by atoms with E-state index in [1.807, 2.05) is 12.1 Å². The maximum Gasteiger partial charge on any atom is 0.135 e. The van der Waals surface area contributed by atoms with Crippen molar-refractivity contribution in [2.24, 2.45) is 0 Å². The van der Waals surface area contributed by atoms with E-state index in [-0.39, 0.29) is 0 Å². The van der Waals surface area contributed by atoms with Crippen LogP contribution < -0.4 is 4.90 Å². The van der Waals surface area contributed by atoms with Gasteiger partial charge in [0.1, 0.15) is 11.2 Å². The summed E-state index contributed by atoms with van der Waals surface area (Å²) in [6.07, 6.45) is 0. The van der Waals surface area contributed by atoms with Gasteiger partial charge in [0, 0.05) is 27.7 Å². The van der Waals surface area contributed by atoms with Crippen molar-refractivity contribution >= 4 is 49.8 Å². The first-order chi connectivity index (χ1) is 33.2. The molecule has 0 unspecified atom stereocenters. The van der Waals surface area contributed by atoms with E-state index in [1.165, 1.54) is 60.8 Å². The highest BCUT2D eigenvalue weighted by Crippen LogP contribution is 2.57. The van der Waals surface area contributed by atoms with Gasteiger partial charge in [0.15, 0.2) is 0 Å². The SMILES string of the molecule is c1ccc(C2(c3ccccc3)c3ccccc3-c3ccc(-c4ccc(N(c5ccc(-c6cccc7ccccc67)cc5)c5ccccc5-c5ccc6oc7ccccc7c6c5)cc4)cc32)cc1. The molecule has 2 nitrogen and oxygen atoms in total. The molecule has 0 atom stereocenters. The van der Waals surface area contributed by atoms with Crippen LogP contribution in [-0.2, 0) is 5.41 Å². The van der Waals surface area contributed by atoms with E-state index >= 15 is 0 Å². The number of benzene rings is 11. The molecule has 0 fully saturated rings. The molecule has 67 heavy (non-hydrogen) atoms. The van der Waals surface area contributed by atoms with Crippen molar-refractivity contribution in [2.75, 3.05) is 4.90 Å². The van der Waals surface area contributed by atoms with Gasteiger partial charge in [-0.3, -0.25) is 0 Å². The normalized spacial score (nSPS) is 12.6. The molecule has 2 heteroatoms. The van der Waals surface area contributed by atoms with E-state index in [0.29, 0.717) is 0 Å². The van der Waals surface area contributed by atoms with E-state index in [2.05, 4.69) is 254 Å². The van der Waals surface area contributed by atoms with E-state index in [4.69, 9.17) is 4.42 Å². The monoisotopic (exact) mass is 853 g/mol. The standard InChI is InChI=1S/C65H43NO/c1-3-18-49(19-4-1)65(50-20-5-2-6-21-50)60-27-12-9-24-56(60)57-40-34-47(43-61(57)65)44-30-36-51(37-31-44)66(52-38-32-46(33-39-52)54-26-15-17-45-16-7-8-22-53(45)54)62-28-13-10-23-55(62)48-35-41-64-59(42-48)58-25-11-14-29-63(58)67-64/h1-43H. The van der Waals surface area contributed by atoms with Crippen LogP contribution in [0.4, 0.5) is 17.1 Å². The molecule has 11 aromatic carbocycles. The molecule has 0 radical (unpaired) electrons. The number of rotatable bonds is 8. The van der Waals surface area contributed by atoms with Gasteiger partial charge in [-0.25, -0.2) is 0 Å². The van der Waals surface area contributed by atoms with Crippen LogP contribution in [0.5, 0.6) is 0 Å². The molecule has 1 aliphatic rings. The molecule has 0 N–H and O–H groups in total. The lowest BCUT2D eigenvalue weighted by atomic mass is 9.67. The Labute approximate surface area is 390 Å². The minimum absolute atomic E-state index is 0.463. The maximum atomic E-state index is 6.27. The summed E-state index contributed by atoms with van der Waals surface area (Å²) in [6.45, 7) is 0. The van der Waals surface area contributed by atoms with Gasteiger partial charge < -0.3 is 9.32 Å². The van der Waals surface area contributed by atoms with E-state index in [9.17, 15) is 0 Å². The van der Waals surface area contributed by atoms with Crippen LogP contribution >= 0.6 is 0 Å². The first-order valence-corrected chi connectivity index (χ1v) is 23.1. The van der Waals surface area contributed by atoms with Gasteiger partial charge in [-0.05, 0) is 127 Å². The summed E-state index contributed by atoms with van der Waals surface area (Å²) in [5.74, 6) is 0. The number of hydrogen-bond acceptors (Lipinski definition) is 2. The topological polar surface area (TPSA) is 16.4 Å². The van der Waals surface area contributed by atoms with Gasteiger partial charge in [0.25, 0.3) is 0 Å². The number of nitrogens with zero attached hydrogens (tertiary/aromatic N) is 1. The van der Waals surface area contributed by atoms with Gasteiger partial charge in [0.05, 0.1) is 11.1 Å². The van der Waals surface area contributed by atoms with Crippen LogP contribution in [0.3, 0.4) is 0 Å². The predicted octanol–water partition coefficient (Wildman–Crippen LogP) is 17.6.